The zero-order valence-electron chi connectivity index (χ0n) is 8.81. The van der Waals surface area contributed by atoms with Crippen LogP contribution in [0, 0.1) is 10.1 Å². The fraction of sp³-hybridized carbons (Fsp3) is 0.455. The van der Waals surface area contributed by atoms with Crippen molar-refractivity contribution in [3.8, 4) is 0 Å². The monoisotopic (exact) mass is 285 g/mol. The molecule has 0 saturated heterocycles. The van der Waals surface area contributed by atoms with Crippen LogP contribution >= 0.6 is 15.9 Å². The molecule has 86 valence electrons. The first kappa shape index (κ1) is 11.5. The molecular formula is C11H12BrNO3. The summed E-state index contributed by atoms with van der Waals surface area (Å²) in [6.45, 7) is 1.74. The Hall–Kier alpha value is -0.940. The third-order valence-corrected chi connectivity index (χ3v) is 3.98. The third-order valence-electron chi connectivity index (χ3n) is 3.31. The van der Waals surface area contributed by atoms with Crippen molar-refractivity contribution < 1.29 is 10.0 Å². The van der Waals surface area contributed by atoms with Crippen molar-refractivity contribution in [2.45, 2.75) is 31.3 Å². The fourth-order valence-corrected chi connectivity index (χ4v) is 2.44. The second-order valence-electron chi connectivity index (χ2n) is 4.26. The molecule has 0 aromatic heterocycles. The Kier molecular flexibility index (Phi) is 2.75. The summed E-state index contributed by atoms with van der Waals surface area (Å²) in [5, 5.41) is 20.5. The van der Waals surface area contributed by atoms with Crippen LogP contribution in [0.5, 0.6) is 0 Å². The highest BCUT2D eigenvalue weighted by atomic mass is 79.9. The Bertz CT molecular complexity index is 441. The second-order valence-corrected chi connectivity index (χ2v) is 5.11. The molecule has 16 heavy (non-hydrogen) atoms. The maximum absolute atomic E-state index is 10.8. The van der Waals surface area contributed by atoms with Gasteiger partial charge >= 0.3 is 0 Å². The van der Waals surface area contributed by atoms with E-state index in [1.165, 1.54) is 0 Å². The largest absolute Gasteiger partial charge is 0.392 e. The molecule has 1 aromatic carbocycles. The number of rotatable bonds is 3. The van der Waals surface area contributed by atoms with E-state index in [4.69, 9.17) is 0 Å². The summed E-state index contributed by atoms with van der Waals surface area (Å²) in [5.41, 5.74) is 0.660. The number of nitrogens with zero attached hydrogens (tertiary/aromatic N) is 1. The van der Waals surface area contributed by atoms with Gasteiger partial charge in [-0.2, -0.15) is 0 Å². The Balaban J connectivity index is 2.44. The van der Waals surface area contributed by atoms with Gasteiger partial charge in [-0.15, -0.1) is 0 Å². The lowest BCUT2D eigenvalue weighted by atomic mass is 9.90. The second kappa shape index (κ2) is 3.82. The maximum atomic E-state index is 10.8. The van der Waals surface area contributed by atoms with Gasteiger partial charge in [-0.1, -0.05) is 6.07 Å². The molecule has 1 fully saturated rings. The number of hydrogen-bond donors (Lipinski definition) is 1. The molecule has 0 heterocycles. The molecule has 4 nitrogen and oxygen atoms in total. The van der Waals surface area contributed by atoms with Crippen LogP contribution in [0.2, 0.25) is 0 Å². The predicted octanol–water partition coefficient (Wildman–Crippen LogP) is 2.77. The zero-order valence-corrected chi connectivity index (χ0v) is 10.4. The van der Waals surface area contributed by atoms with E-state index >= 15 is 0 Å². The molecule has 1 saturated carbocycles. The number of nitro groups is 1. The van der Waals surface area contributed by atoms with Gasteiger partial charge in [0.1, 0.15) is 0 Å². The van der Waals surface area contributed by atoms with Gasteiger partial charge < -0.3 is 5.11 Å². The summed E-state index contributed by atoms with van der Waals surface area (Å²) in [6, 6.07) is 5.08. The minimum absolute atomic E-state index is 0.0597. The van der Waals surface area contributed by atoms with Crippen LogP contribution in [0.3, 0.4) is 0 Å². The van der Waals surface area contributed by atoms with Crippen LogP contribution in [0.15, 0.2) is 22.7 Å². The first-order valence-corrected chi connectivity index (χ1v) is 5.89. The molecular weight excluding hydrogens is 274 g/mol. The molecule has 0 radical (unpaired) electrons. The van der Waals surface area contributed by atoms with Gasteiger partial charge in [-0.05, 0) is 47.3 Å². The fourth-order valence-electron chi connectivity index (χ4n) is 2.04. The lowest BCUT2D eigenvalue weighted by Gasteiger charge is -2.18. The van der Waals surface area contributed by atoms with Gasteiger partial charge in [0, 0.05) is 11.5 Å². The lowest BCUT2D eigenvalue weighted by molar-refractivity contribution is -0.385. The summed E-state index contributed by atoms with van der Waals surface area (Å²) < 4.78 is 0.475. The molecule has 1 aliphatic rings. The molecule has 1 atom stereocenters. The smallest absolute Gasteiger partial charge is 0.283 e. The molecule has 1 unspecified atom stereocenters. The third kappa shape index (κ3) is 1.74. The molecule has 0 bridgehead atoms. The Morgan fingerprint density at radius 1 is 1.56 bits per heavy atom. The van der Waals surface area contributed by atoms with E-state index in [0.717, 1.165) is 18.4 Å². The Morgan fingerprint density at radius 3 is 2.62 bits per heavy atom. The van der Waals surface area contributed by atoms with E-state index < -0.39 is 11.0 Å². The lowest BCUT2D eigenvalue weighted by Crippen LogP contribution is -2.22. The van der Waals surface area contributed by atoms with Gasteiger partial charge in [0.15, 0.2) is 0 Å². The maximum Gasteiger partial charge on any atom is 0.283 e. The number of halogens is 1. The summed E-state index contributed by atoms with van der Waals surface area (Å²) >= 11 is 3.15. The molecule has 0 spiro atoms. The standard InChI is InChI=1S/C11H12BrNO3/c1-7(14)11(4-5-11)8-2-3-9(12)10(6-8)13(15)16/h2-3,6-7,14H,4-5H2,1H3. The molecule has 1 N–H and O–H groups in total. The number of benzene rings is 1. The van der Waals surface area contributed by atoms with E-state index in [2.05, 4.69) is 15.9 Å². The van der Waals surface area contributed by atoms with Crippen molar-refractivity contribution in [3.05, 3.63) is 38.3 Å². The topological polar surface area (TPSA) is 63.4 Å². The van der Waals surface area contributed by atoms with Crippen LogP contribution in [0.4, 0.5) is 5.69 Å². The van der Waals surface area contributed by atoms with Crippen LogP contribution in [-0.4, -0.2) is 16.1 Å². The molecule has 1 aromatic rings. The van der Waals surface area contributed by atoms with E-state index in [-0.39, 0.29) is 11.1 Å². The van der Waals surface area contributed by atoms with Gasteiger partial charge in [-0.3, -0.25) is 10.1 Å². The van der Waals surface area contributed by atoms with Crippen molar-refractivity contribution in [3.63, 3.8) is 0 Å². The van der Waals surface area contributed by atoms with Crippen molar-refractivity contribution in [2.75, 3.05) is 0 Å². The van der Waals surface area contributed by atoms with Gasteiger partial charge in [0.2, 0.25) is 0 Å². The summed E-state index contributed by atoms with van der Waals surface area (Å²) in [7, 11) is 0. The van der Waals surface area contributed by atoms with Crippen LogP contribution in [-0.2, 0) is 5.41 Å². The first-order chi connectivity index (χ1) is 7.47. The van der Waals surface area contributed by atoms with Crippen LogP contribution in [0.1, 0.15) is 25.3 Å². The average molecular weight is 286 g/mol. The molecule has 5 heteroatoms. The van der Waals surface area contributed by atoms with Crippen molar-refractivity contribution in [1.82, 2.24) is 0 Å². The molecule has 0 aliphatic heterocycles. The minimum Gasteiger partial charge on any atom is -0.392 e. The minimum atomic E-state index is -0.465. The SMILES string of the molecule is CC(O)C1(c2ccc(Br)c([N+](=O)[O-])c2)CC1. The molecule has 1 aliphatic carbocycles. The molecule has 2 rings (SSSR count). The highest BCUT2D eigenvalue weighted by Crippen LogP contribution is 2.51. The van der Waals surface area contributed by atoms with Gasteiger partial charge in [-0.25, -0.2) is 0 Å². The van der Waals surface area contributed by atoms with E-state index in [9.17, 15) is 15.2 Å². The Labute approximate surface area is 102 Å². The van der Waals surface area contributed by atoms with Crippen molar-refractivity contribution in [2.24, 2.45) is 0 Å². The molecule has 0 amide bonds. The van der Waals surface area contributed by atoms with Gasteiger partial charge in [0.05, 0.1) is 15.5 Å². The normalized spacial score (nSPS) is 19.2. The number of aliphatic hydroxyl groups is 1. The summed E-state index contributed by atoms with van der Waals surface area (Å²) in [5.74, 6) is 0. The Morgan fingerprint density at radius 2 is 2.19 bits per heavy atom. The highest BCUT2D eigenvalue weighted by molar-refractivity contribution is 9.10. The number of hydrogen-bond acceptors (Lipinski definition) is 3. The quantitative estimate of drug-likeness (QED) is 0.686. The summed E-state index contributed by atoms with van der Waals surface area (Å²) in [6.07, 6.45) is 1.32. The van der Waals surface area contributed by atoms with E-state index in [0.29, 0.717) is 4.47 Å². The van der Waals surface area contributed by atoms with Gasteiger partial charge in [0.25, 0.3) is 5.69 Å². The number of aliphatic hydroxyl groups excluding tert-OH is 1. The first-order valence-electron chi connectivity index (χ1n) is 5.10. The van der Waals surface area contributed by atoms with Crippen molar-refractivity contribution in [1.29, 1.82) is 0 Å². The van der Waals surface area contributed by atoms with E-state index in [1.54, 1.807) is 19.1 Å². The zero-order chi connectivity index (χ0) is 11.9. The van der Waals surface area contributed by atoms with Crippen LogP contribution in [0.25, 0.3) is 0 Å². The average Bonchev–Trinajstić information content (AvgIpc) is 2.98. The van der Waals surface area contributed by atoms with Crippen LogP contribution < -0.4 is 0 Å². The summed E-state index contributed by atoms with van der Waals surface area (Å²) in [4.78, 5) is 10.4. The van der Waals surface area contributed by atoms with E-state index in [1.807, 2.05) is 6.07 Å². The van der Waals surface area contributed by atoms with Crippen molar-refractivity contribution >= 4 is 21.6 Å². The number of nitro benzene ring substituents is 1. The highest BCUT2D eigenvalue weighted by Gasteiger charge is 2.48. The predicted molar refractivity (Wildman–Crippen MR) is 63.4 cm³/mol.